The number of sulfone groups is 1. The van der Waals surface area contributed by atoms with Gasteiger partial charge < -0.3 is 20.1 Å². The van der Waals surface area contributed by atoms with Gasteiger partial charge in [-0.05, 0) is 59.4 Å². The Morgan fingerprint density at radius 1 is 1.10 bits per heavy atom. The lowest BCUT2D eigenvalue weighted by Crippen LogP contribution is -2.36. The van der Waals surface area contributed by atoms with Crippen LogP contribution in [0, 0.1) is 19.8 Å². The van der Waals surface area contributed by atoms with Crippen molar-refractivity contribution in [1.29, 1.82) is 0 Å². The third kappa shape index (κ3) is 5.71. The lowest BCUT2D eigenvalue weighted by Gasteiger charge is -2.32. The maximum atomic E-state index is 13.7. The van der Waals surface area contributed by atoms with E-state index < -0.39 is 20.6 Å². The quantitative estimate of drug-likeness (QED) is 0.267. The summed E-state index contributed by atoms with van der Waals surface area (Å²) in [7, 11) is -3.80. The molecule has 0 atom stereocenters. The number of aromatic carboxylic acids is 1. The van der Waals surface area contributed by atoms with Gasteiger partial charge in [-0.25, -0.2) is 33.1 Å². The van der Waals surface area contributed by atoms with Crippen molar-refractivity contribution in [3.8, 4) is 5.75 Å². The highest BCUT2D eigenvalue weighted by Crippen LogP contribution is 2.37. The Bertz CT molecular complexity index is 1720. The first kappa shape index (κ1) is 29.2. The Hall–Kier alpha value is -4.33. The van der Waals surface area contributed by atoms with E-state index in [9.17, 15) is 13.2 Å². The topological polar surface area (TPSA) is 176 Å². The van der Waals surface area contributed by atoms with Crippen LogP contribution in [0.5, 0.6) is 5.75 Å². The van der Waals surface area contributed by atoms with Crippen molar-refractivity contribution in [1.82, 2.24) is 30.1 Å². The molecule has 0 unspecified atom stereocenters. The molecule has 1 saturated heterocycles. The normalized spacial score (nSPS) is 14.7. The number of aromatic amines is 1. The molecule has 4 heterocycles. The zero-order valence-electron chi connectivity index (χ0n) is 24.2. The number of rotatable bonds is 8. The molecule has 14 heteroatoms. The fraction of sp³-hybridized carbons (Fsp3) is 0.429. The van der Waals surface area contributed by atoms with Crippen molar-refractivity contribution in [2.24, 2.45) is 5.92 Å². The molecule has 5 rings (SSSR count). The number of carbonyl (C=O) groups is 1. The van der Waals surface area contributed by atoms with Crippen LogP contribution >= 0.6 is 0 Å². The molecule has 0 aliphatic carbocycles. The summed E-state index contributed by atoms with van der Waals surface area (Å²) in [4.78, 5) is 30.3. The monoisotopic (exact) mass is 594 g/mol. The summed E-state index contributed by atoms with van der Waals surface area (Å²) in [5.74, 6) is 0.885. The van der Waals surface area contributed by atoms with Crippen LogP contribution in [-0.4, -0.2) is 74.1 Å². The minimum Gasteiger partial charge on any atom is -0.492 e. The second-order valence-corrected chi connectivity index (χ2v) is 14.1. The van der Waals surface area contributed by atoms with E-state index in [4.69, 9.17) is 9.84 Å². The van der Waals surface area contributed by atoms with Gasteiger partial charge in [-0.15, -0.1) is 0 Å². The van der Waals surface area contributed by atoms with Crippen molar-refractivity contribution in [3.05, 3.63) is 47.7 Å². The number of benzene rings is 1. The molecule has 3 N–H and O–H groups in total. The van der Waals surface area contributed by atoms with E-state index in [0.29, 0.717) is 48.2 Å². The molecule has 0 radical (unpaired) electrons. The highest BCUT2D eigenvalue weighted by molar-refractivity contribution is 7.92. The maximum Gasteiger partial charge on any atom is 0.338 e. The van der Waals surface area contributed by atoms with Crippen molar-refractivity contribution in [2.45, 2.75) is 57.1 Å². The molecule has 1 aromatic carbocycles. The van der Waals surface area contributed by atoms with Gasteiger partial charge in [0.1, 0.15) is 22.8 Å². The number of hydrogen-bond acceptors (Lipinski definition) is 11. The molecule has 0 bridgehead atoms. The van der Waals surface area contributed by atoms with Gasteiger partial charge in [0, 0.05) is 48.2 Å². The molecule has 4 aromatic rings. The highest BCUT2D eigenvalue weighted by Gasteiger charge is 2.35. The maximum absolute atomic E-state index is 13.7. The molecule has 0 spiro atoms. The van der Waals surface area contributed by atoms with Crippen LogP contribution in [0.1, 0.15) is 55.2 Å². The number of anilines is 3. The highest BCUT2D eigenvalue weighted by atomic mass is 32.2. The van der Waals surface area contributed by atoms with E-state index in [1.165, 1.54) is 18.7 Å². The number of carboxylic acid groups (broad SMARTS) is 1. The predicted molar refractivity (Wildman–Crippen MR) is 157 cm³/mol. The van der Waals surface area contributed by atoms with Gasteiger partial charge >= 0.3 is 5.97 Å². The summed E-state index contributed by atoms with van der Waals surface area (Å²) in [6.45, 7) is 10.5. The summed E-state index contributed by atoms with van der Waals surface area (Å²) >= 11 is 0. The SMILES string of the molecule is Cc1[nH]nc(Nc2ncnc3cc(OCC4CCN(c5ncc(C(=O)O)cn5)CC4)c(S(=O)(=O)C(C)(C)C)cc23)c1C. The van der Waals surface area contributed by atoms with Gasteiger partial charge in [0.25, 0.3) is 0 Å². The zero-order chi connectivity index (χ0) is 30.2. The molecular formula is C28H34N8O5S. The van der Waals surface area contributed by atoms with Crippen LogP contribution in [0.4, 0.5) is 17.6 Å². The number of hydrogen-bond donors (Lipinski definition) is 3. The van der Waals surface area contributed by atoms with Crippen molar-refractivity contribution in [3.63, 3.8) is 0 Å². The van der Waals surface area contributed by atoms with E-state index in [1.807, 2.05) is 18.7 Å². The molecular weight excluding hydrogens is 560 g/mol. The van der Waals surface area contributed by atoms with Crippen molar-refractivity contribution in [2.75, 3.05) is 29.9 Å². The van der Waals surface area contributed by atoms with Crippen molar-refractivity contribution < 1.29 is 23.1 Å². The van der Waals surface area contributed by atoms with E-state index in [1.54, 1.807) is 32.9 Å². The van der Waals surface area contributed by atoms with Gasteiger partial charge in [-0.1, -0.05) is 0 Å². The molecule has 222 valence electrons. The number of nitrogens with one attached hydrogen (secondary N) is 2. The van der Waals surface area contributed by atoms with E-state index in [2.05, 4.69) is 35.5 Å². The molecule has 13 nitrogen and oxygen atoms in total. The van der Waals surface area contributed by atoms with Crippen LogP contribution in [0.2, 0.25) is 0 Å². The van der Waals surface area contributed by atoms with Crippen LogP contribution in [-0.2, 0) is 9.84 Å². The van der Waals surface area contributed by atoms with Crippen LogP contribution in [0.15, 0.2) is 35.7 Å². The second-order valence-electron chi connectivity index (χ2n) is 11.4. The lowest BCUT2D eigenvalue weighted by molar-refractivity contribution is 0.0696. The molecule has 1 aliphatic rings. The largest absolute Gasteiger partial charge is 0.492 e. The summed E-state index contributed by atoms with van der Waals surface area (Å²) in [6, 6.07) is 3.25. The van der Waals surface area contributed by atoms with Gasteiger partial charge in [0.15, 0.2) is 15.7 Å². The minimum absolute atomic E-state index is 0.0398. The number of fused-ring (bicyclic) bond motifs is 1. The Labute approximate surface area is 243 Å². The van der Waals surface area contributed by atoms with Gasteiger partial charge in [0.2, 0.25) is 5.95 Å². The van der Waals surface area contributed by atoms with Gasteiger partial charge in [0.05, 0.1) is 22.4 Å². The number of carboxylic acids is 1. The zero-order valence-corrected chi connectivity index (χ0v) is 25.0. The van der Waals surface area contributed by atoms with Crippen LogP contribution < -0.4 is 15.0 Å². The molecule has 1 fully saturated rings. The molecule has 3 aromatic heterocycles. The fourth-order valence-corrected chi connectivity index (χ4v) is 5.95. The first-order chi connectivity index (χ1) is 19.8. The van der Waals surface area contributed by atoms with Crippen LogP contribution in [0.3, 0.4) is 0 Å². The Kier molecular flexibility index (Phi) is 7.75. The van der Waals surface area contributed by atoms with Gasteiger partial charge in [-0.2, -0.15) is 5.10 Å². The lowest BCUT2D eigenvalue weighted by atomic mass is 9.98. The summed E-state index contributed by atoms with van der Waals surface area (Å²) in [5, 5.41) is 20.0. The fourth-order valence-electron chi connectivity index (χ4n) is 4.64. The number of piperidine rings is 1. The third-order valence-electron chi connectivity index (χ3n) is 7.54. The Balaban J connectivity index is 1.38. The van der Waals surface area contributed by atoms with Crippen molar-refractivity contribution >= 4 is 44.3 Å². The Morgan fingerprint density at radius 2 is 1.79 bits per heavy atom. The average Bonchev–Trinajstić information content (AvgIpc) is 3.27. The standard InChI is InChI=1S/C28H34N8O5S/c1-16-17(2)34-35-24(16)33-25-20-10-23(42(39,40)28(3,4)5)22(11-21(20)31-15-32-25)41-14-18-6-8-36(9-7-18)27-29-12-19(13-30-27)26(37)38/h10-13,15,18H,6-9,14H2,1-5H3,(H,37,38)(H2,31,32,33,34,35). The average molecular weight is 595 g/mol. The number of nitrogens with zero attached hydrogens (tertiary/aromatic N) is 6. The number of aryl methyl sites for hydroxylation is 1. The van der Waals surface area contributed by atoms with E-state index in [-0.39, 0.29) is 22.1 Å². The summed E-state index contributed by atoms with van der Waals surface area (Å²) in [5.41, 5.74) is 2.42. The summed E-state index contributed by atoms with van der Waals surface area (Å²) < 4.78 is 32.7. The van der Waals surface area contributed by atoms with Crippen LogP contribution in [0.25, 0.3) is 10.9 Å². The Morgan fingerprint density at radius 3 is 2.38 bits per heavy atom. The summed E-state index contributed by atoms with van der Waals surface area (Å²) in [6.07, 6.45) is 5.58. The smallest absolute Gasteiger partial charge is 0.338 e. The molecule has 42 heavy (non-hydrogen) atoms. The third-order valence-corrected chi connectivity index (χ3v) is 10.1. The molecule has 1 aliphatic heterocycles. The molecule has 0 saturated carbocycles. The first-order valence-corrected chi connectivity index (χ1v) is 15.1. The number of ether oxygens (including phenoxy) is 1. The minimum atomic E-state index is -3.80. The first-order valence-electron chi connectivity index (χ1n) is 13.6. The number of aromatic nitrogens is 6. The predicted octanol–water partition coefficient (Wildman–Crippen LogP) is 4.07. The number of H-pyrrole nitrogens is 1. The van der Waals surface area contributed by atoms with E-state index in [0.717, 1.165) is 24.1 Å². The molecule has 0 amide bonds. The van der Waals surface area contributed by atoms with E-state index >= 15 is 0 Å². The second kappa shape index (κ2) is 11.2. The van der Waals surface area contributed by atoms with Gasteiger partial charge in [-0.3, -0.25) is 5.10 Å².